The first-order chi connectivity index (χ1) is 14.2. The molecule has 1 N–H and O–H groups in total. The van der Waals surface area contributed by atoms with Gasteiger partial charge in [0.15, 0.2) is 0 Å². The standard InChI is InChI=1S/C25H28N2OS/c1-3-27(4-2)22-16-14-20(15-17-22)18-26-25(28)23-12-8-9-13-24(23)29-19-21-10-6-5-7-11-21/h5-17H,3-4,18-19H2,1-2H3,(H,26,28). The molecule has 0 aliphatic heterocycles. The zero-order valence-corrected chi connectivity index (χ0v) is 17.9. The van der Waals surface area contributed by atoms with Crippen LogP contribution in [-0.2, 0) is 12.3 Å². The van der Waals surface area contributed by atoms with Crippen LogP contribution in [0.3, 0.4) is 0 Å². The summed E-state index contributed by atoms with van der Waals surface area (Å²) < 4.78 is 0. The lowest BCUT2D eigenvalue weighted by Crippen LogP contribution is -2.24. The molecule has 0 aliphatic carbocycles. The first-order valence-corrected chi connectivity index (χ1v) is 11.1. The Labute approximate surface area is 178 Å². The van der Waals surface area contributed by atoms with Gasteiger partial charge in [0.2, 0.25) is 0 Å². The first kappa shape index (κ1) is 21.0. The zero-order chi connectivity index (χ0) is 20.5. The van der Waals surface area contributed by atoms with Gasteiger partial charge >= 0.3 is 0 Å². The van der Waals surface area contributed by atoms with Gasteiger partial charge in [-0.25, -0.2) is 0 Å². The van der Waals surface area contributed by atoms with E-state index in [1.165, 1.54) is 11.3 Å². The fourth-order valence-electron chi connectivity index (χ4n) is 3.21. The van der Waals surface area contributed by atoms with Gasteiger partial charge in [0.05, 0.1) is 5.56 Å². The quantitative estimate of drug-likeness (QED) is 0.461. The molecule has 1 amide bonds. The summed E-state index contributed by atoms with van der Waals surface area (Å²) >= 11 is 1.69. The monoisotopic (exact) mass is 404 g/mol. The number of anilines is 1. The fraction of sp³-hybridized carbons (Fsp3) is 0.240. The zero-order valence-electron chi connectivity index (χ0n) is 17.1. The molecule has 3 aromatic carbocycles. The van der Waals surface area contributed by atoms with Gasteiger partial charge in [0, 0.05) is 36.0 Å². The summed E-state index contributed by atoms with van der Waals surface area (Å²) in [5.74, 6) is 0.812. The lowest BCUT2D eigenvalue weighted by molar-refractivity contribution is 0.0948. The SMILES string of the molecule is CCN(CC)c1ccc(CNC(=O)c2ccccc2SCc2ccccc2)cc1. The molecule has 0 heterocycles. The van der Waals surface area contributed by atoms with Crippen LogP contribution in [0.5, 0.6) is 0 Å². The maximum atomic E-state index is 12.8. The average molecular weight is 405 g/mol. The van der Waals surface area contributed by atoms with Crippen LogP contribution < -0.4 is 10.2 Å². The van der Waals surface area contributed by atoms with E-state index in [0.717, 1.165) is 34.9 Å². The molecule has 0 unspecified atom stereocenters. The Morgan fingerprint density at radius 3 is 2.17 bits per heavy atom. The van der Waals surface area contributed by atoms with Crippen LogP contribution in [0.4, 0.5) is 5.69 Å². The smallest absolute Gasteiger partial charge is 0.252 e. The van der Waals surface area contributed by atoms with Crippen LogP contribution in [0.2, 0.25) is 0 Å². The van der Waals surface area contributed by atoms with E-state index < -0.39 is 0 Å². The molecule has 0 aromatic heterocycles. The molecule has 0 spiro atoms. The minimum atomic E-state index is -0.0334. The Balaban J connectivity index is 1.61. The molecule has 3 rings (SSSR count). The van der Waals surface area contributed by atoms with Crippen molar-refractivity contribution in [2.75, 3.05) is 18.0 Å². The second-order valence-corrected chi connectivity index (χ2v) is 7.81. The van der Waals surface area contributed by atoms with Crippen molar-refractivity contribution in [2.24, 2.45) is 0 Å². The Morgan fingerprint density at radius 1 is 0.828 bits per heavy atom. The molecule has 3 aromatic rings. The van der Waals surface area contributed by atoms with Crippen LogP contribution >= 0.6 is 11.8 Å². The maximum absolute atomic E-state index is 12.8. The number of nitrogens with one attached hydrogen (secondary N) is 1. The lowest BCUT2D eigenvalue weighted by atomic mass is 10.1. The van der Waals surface area contributed by atoms with Crippen molar-refractivity contribution in [2.45, 2.75) is 31.0 Å². The van der Waals surface area contributed by atoms with Crippen molar-refractivity contribution in [3.8, 4) is 0 Å². The van der Waals surface area contributed by atoms with Crippen LogP contribution in [0.1, 0.15) is 35.3 Å². The fourth-order valence-corrected chi connectivity index (χ4v) is 4.21. The number of hydrogen-bond donors (Lipinski definition) is 1. The predicted molar refractivity (Wildman–Crippen MR) is 124 cm³/mol. The van der Waals surface area contributed by atoms with Gasteiger partial charge in [-0.3, -0.25) is 4.79 Å². The molecule has 0 saturated carbocycles. The van der Waals surface area contributed by atoms with Crippen LogP contribution in [-0.4, -0.2) is 19.0 Å². The molecule has 0 radical (unpaired) electrons. The third-order valence-corrected chi connectivity index (χ3v) is 6.03. The third kappa shape index (κ3) is 5.88. The highest BCUT2D eigenvalue weighted by molar-refractivity contribution is 7.98. The second-order valence-electron chi connectivity index (χ2n) is 6.79. The number of rotatable bonds is 9. The topological polar surface area (TPSA) is 32.3 Å². The van der Waals surface area contributed by atoms with Crippen molar-refractivity contribution < 1.29 is 4.79 Å². The molecule has 0 aliphatic rings. The van der Waals surface area contributed by atoms with Gasteiger partial charge in [0.1, 0.15) is 0 Å². The van der Waals surface area contributed by atoms with Crippen LogP contribution in [0.25, 0.3) is 0 Å². The van der Waals surface area contributed by atoms with Crippen molar-refractivity contribution in [1.29, 1.82) is 0 Å². The van der Waals surface area contributed by atoms with Crippen molar-refractivity contribution in [3.63, 3.8) is 0 Å². The van der Waals surface area contributed by atoms with Crippen molar-refractivity contribution in [3.05, 3.63) is 95.6 Å². The highest BCUT2D eigenvalue weighted by atomic mass is 32.2. The highest BCUT2D eigenvalue weighted by Crippen LogP contribution is 2.26. The number of hydrogen-bond acceptors (Lipinski definition) is 3. The normalized spacial score (nSPS) is 10.6. The molecule has 150 valence electrons. The average Bonchev–Trinajstić information content (AvgIpc) is 2.78. The molecule has 4 heteroatoms. The third-order valence-electron chi connectivity index (χ3n) is 4.89. The number of thioether (sulfide) groups is 1. The predicted octanol–water partition coefficient (Wildman–Crippen LogP) is 5.76. The van der Waals surface area contributed by atoms with E-state index in [4.69, 9.17) is 0 Å². The van der Waals surface area contributed by atoms with Gasteiger partial charge in [0.25, 0.3) is 5.91 Å². The molecular weight excluding hydrogens is 376 g/mol. The number of carbonyl (C=O) groups is 1. The summed E-state index contributed by atoms with van der Waals surface area (Å²) in [6, 6.07) is 26.5. The van der Waals surface area contributed by atoms with E-state index in [9.17, 15) is 4.79 Å². The highest BCUT2D eigenvalue weighted by Gasteiger charge is 2.11. The summed E-state index contributed by atoms with van der Waals surface area (Å²) in [6.07, 6.45) is 0. The van der Waals surface area contributed by atoms with Gasteiger partial charge < -0.3 is 10.2 Å². The number of benzene rings is 3. The van der Waals surface area contributed by atoms with E-state index >= 15 is 0 Å². The van der Waals surface area contributed by atoms with E-state index in [-0.39, 0.29) is 5.91 Å². The molecule has 3 nitrogen and oxygen atoms in total. The summed E-state index contributed by atoms with van der Waals surface area (Å²) in [4.78, 5) is 16.1. The summed E-state index contributed by atoms with van der Waals surface area (Å²) in [7, 11) is 0. The van der Waals surface area contributed by atoms with Gasteiger partial charge in [-0.2, -0.15) is 0 Å². The van der Waals surface area contributed by atoms with Crippen molar-refractivity contribution >= 4 is 23.4 Å². The Bertz CT molecular complexity index is 906. The summed E-state index contributed by atoms with van der Waals surface area (Å²) in [6.45, 7) is 6.82. The number of carbonyl (C=O) groups excluding carboxylic acids is 1. The van der Waals surface area contributed by atoms with Crippen LogP contribution in [0.15, 0.2) is 83.8 Å². The summed E-state index contributed by atoms with van der Waals surface area (Å²) in [5, 5.41) is 3.06. The van der Waals surface area contributed by atoms with Crippen molar-refractivity contribution in [1.82, 2.24) is 5.32 Å². The summed E-state index contributed by atoms with van der Waals surface area (Å²) in [5.41, 5.74) is 4.30. The lowest BCUT2D eigenvalue weighted by Gasteiger charge is -2.21. The second kappa shape index (κ2) is 10.7. The van der Waals surface area contributed by atoms with E-state index in [1.807, 2.05) is 42.5 Å². The van der Waals surface area contributed by atoms with Gasteiger partial charge in [-0.1, -0.05) is 54.6 Å². The minimum absolute atomic E-state index is 0.0334. The maximum Gasteiger partial charge on any atom is 0.252 e. The van der Waals surface area contributed by atoms with E-state index in [1.54, 1.807) is 11.8 Å². The number of amides is 1. The van der Waals surface area contributed by atoms with E-state index in [0.29, 0.717) is 6.54 Å². The minimum Gasteiger partial charge on any atom is -0.372 e. The molecule has 0 fully saturated rings. The largest absolute Gasteiger partial charge is 0.372 e. The van der Waals surface area contributed by atoms with E-state index in [2.05, 4.69) is 60.5 Å². The van der Waals surface area contributed by atoms with Gasteiger partial charge in [-0.15, -0.1) is 11.8 Å². The first-order valence-electron chi connectivity index (χ1n) is 10.1. The molecule has 0 bridgehead atoms. The Kier molecular flexibility index (Phi) is 7.77. The molecule has 0 saturated heterocycles. The Morgan fingerprint density at radius 2 is 1.48 bits per heavy atom. The molecule has 0 atom stereocenters. The van der Waals surface area contributed by atoms with Gasteiger partial charge in [-0.05, 0) is 49.2 Å². The Hall–Kier alpha value is -2.72. The number of nitrogens with zero attached hydrogens (tertiary/aromatic N) is 1. The van der Waals surface area contributed by atoms with Crippen LogP contribution in [0, 0.1) is 0 Å². The molecule has 29 heavy (non-hydrogen) atoms. The molecular formula is C25H28N2OS.